The Hall–Kier alpha value is -1.44. The maximum absolute atomic E-state index is 12.6. The van der Waals surface area contributed by atoms with E-state index in [-0.39, 0.29) is 29.9 Å². The number of fused-ring (bicyclic) bond motifs is 3. The smallest absolute Gasteiger partial charge is 0.259 e. The van der Waals surface area contributed by atoms with Crippen LogP contribution in [0.4, 0.5) is 0 Å². The minimum atomic E-state index is -0.0466. The number of thiophene rings is 1. The third kappa shape index (κ3) is 4.58. The van der Waals surface area contributed by atoms with Gasteiger partial charge in [0.2, 0.25) is 5.91 Å². The molecule has 1 saturated heterocycles. The lowest BCUT2D eigenvalue weighted by Crippen LogP contribution is -2.46. The van der Waals surface area contributed by atoms with Gasteiger partial charge in [0, 0.05) is 29.8 Å². The maximum atomic E-state index is 12.6. The molecule has 3 atom stereocenters. The molecule has 2 aromatic heterocycles. The fourth-order valence-corrected chi connectivity index (χ4v) is 5.71. The van der Waals surface area contributed by atoms with Gasteiger partial charge in [-0.25, -0.2) is 4.98 Å². The molecule has 3 heterocycles. The van der Waals surface area contributed by atoms with Crippen LogP contribution in [0.15, 0.2) is 4.79 Å². The highest BCUT2D eigenvalue weighted by Gasteiger charge is 2.23. The minimum Gasteiger partial charge on any atom is -0.353 e. The summed E-state index contributed by atoms with van der Waals surface area (Å²) in [6, 6.07) is 0.686. The van der Waals surface area contributed by atoms with E-state index in [1.807, 2.05) is 0 Å². The fourth-order valence-electron chi connectivity index (χ4n) is 4.31. The Morgan fingerprint density at radius 3 is 2.93 bits per heavy atom. The van der Waals surface area contributed by atoms with Crippen LogP contribution in [0, 0.1) is 5.92 Å². The molecule has 28 heavy (non-hydrogen) atoms. The van der Waals surface area contributed by atoms with Gasteiger partial charge in [0.05, 0.1) is 5.39 Å². The van der Waals surface area contributed by atoms with Crippen LogP contribution in [0.25, 0.3) is 10.2 Å². The second kappa shape index (κ2) is 8.93. The van der Waals surface area contributed by atoms with Crippen LogP contribution in [0.3, 0.4) is 0 Å². The number of aryl methyl sites for hydroxylation is 2. The summed E-state index contributed by atoms with van der Waals surface area (Å²) in [7, 11) is 0. The van der Waals surface area contributed by atoms with E-state index in [4.69, 9.17) is 0 Å². The fraction of sp³-hybridized carbons (Fsp3) is 0.650. The Kier molecular flexibility index (Phi) is 6.78. The predicted molar refractivity (Wildman–Crippen MR) is 116 cm³/mol. The number of rotatable bonds is 4. The average molecular weight is 425 g/mol. The van der Waals surface area contributed by atoms with E-state index in [2.05, 4.69) is 34.4 Å². The molecule has 3 unspecified atom stereocenters. The second-order valence-electron chi connectivity index (χ2n) is 8.19. The third-order valence-corrected chi connectivity index (χ3v) is 6.94. The first-order chi connectivity index (χ1) is 13.0. The second-order valence-corrected chi connectivity index (χ2v) is 9.27. The Labute approximate surface area is 175 Å². The quantitative estimate of drug-likeness (QED) is 0.704. The molecule has 0 saturated carbocycles. The zero-order valence-electron chi connectivity index (χ0n) is 16.5. The van der Waals surface area contributed by atoms with Gasteiger partial charge in [-0.05, 0) is 57.1 Å². The Morgan fingerprint density at radius 2 is 2.14 bits per heavy atom. The standard InChI is InChI=1S/C20H28N4O2S.ClH/c1-11-3-4-14-15(9-11)27-20-18(14)19(26)23-16(24-20)5-6-17(25)22-13-7-8-21-12(2)10-13;/h11-13,21H,3-10H2,1-2H3,(H,22,25)(H,23,24,26);1H. The normalized spacial score (nSPS) is 24.4. The van der Waals surface area contributed by atoms with Crippen molar-refractivity contribution in [2.45, 2.75) is 70.9 Å². The molecule has 2 aromatic rings. The molecule has 8 heteroatoms. The van der Waals surface area contributed by atoms with E-state index in [0.29, 0.717) is 30.6 Å². The molecular weight excluding hydrogens is 396 g/mol. The summed E-state index contributed by atoms with van der Waals surface area (Å²) in [6.45, 7) is 5.35. The molecule has 1 aliphatic heterocycles. The maximum Gasteiger partial charge on any atom is 0.259 e. The highest BCUT2D eigenvalue weighted by molar-refractivity contribution is 7.18. The topological polar surface area (TPSA) is 86.9 Å². The van der Waals surface area contributed by atoms with Crippen molar-refractivity contribution < 1.29 is 4.79 Å². The molecule has 0 spiro atoms. The van der Waals surface area contributed by atoms with Crippen LogP contribution in [-0.4, -0.2) is 34.5 Å². The lowest BCUT2D eigenvalue weighted by Gasteiger charge is -2.28. The molecule has 0 bridgehead atoms. The Morgan fingerprint density at radius 1 is 1.32 bits per heavy atom. The van der Waals surface area contributed by atoms with Gasteiger partial charge in [0.15, 0.2) is 0 Å². The summed E-state index contributed by atoms with van der Waals surface area (Å²) in [5.74, 6) is 1.33. The molecular formula is C20H29ClN4O2S. The van der Waals surface area contributed by atoms with Crippen LogP contribution < -0.4 is 16.2 Å². The van der Waals surface area contributed by atoms with Gasteiger partial charge in [-0.1, -0.05) is 6.92 Å². The summed E-state index contributed by atoms with van der Waals surface area (Å²) in [4.78, 5) is 34.6. The summed E-state index contributed by atoms with van der Waals surface area (Å²) >= 11 is 1.66. The van der Waals surface area contributed by atoms with Gasteiger partial charge in [0.1, 0.15) is 10.7 Å². The third-order valence-electron chi connectivity index (χ3n) is 5.79. The zero-order valence-corrected chi connectivity index (χ0v) is 18.1. The number of halogens is 1. The van der Waals surface area contributed by atoms with Crippen LogP contribution in [0.5, 0.6) is 0 Å². The molecule has 6 nitrogen and oxygen atoms in total. The van der Waals surface area contributed by atoms with Crippen molar-refractivity contribution in [3.8, 4) is 0 Å². The zero-order chi connectivity index (χ0) is 19.0. The molecule has 1 fully saturated rings. The van der Waals surface area contributed by atoms with Crippen molar-refractivity contribution in [3.63, 3.8) is 0 Å². The van der Waals surface area contributed by atoms with Crippen LogP contribution in [0.2, 0.25) is 0 Å². The molecule has 1 aliphatic carbocycles. The molecule has 0 aromatic carbocycles. The molecule has 4 rings (SSSR count). The number of hydrogen-bond donors (Lipinski definition) is 3. The van der Waals surface area contributed by atoms with Crippen LogP contribution >= 0.6 is 23.7 Å². The monoisotopic (exact) mass is 424 g/mol. The van der Waals surface area contributed by atoms with Gasteiger partial charge >= 0.3 is 0 Å². The van der Waals surface area contributed by atoms with Crippen molar-refractivity contribution in [3.05, 3.63) is 26.6 Å². The summed E-state index contributed by atoms with van der Waals surface area (Å²) in [5.41, 5.74) is 1.15. The number of aromatic nitrogens is 2. The van der Waals surface area contributed by atoms with Gasteiger partial charge < -0.3 is 15.6 Å². The lowest BCUT2D eigenvalue weighted by molar-refractivity contribution is -0.122. The molecule has 154 valence electrons. The van der Waals surface area contributed by atoms with Gasteiger partial charge in [-0.2, -0.15) is 0 Å². The minimum absolute atomic E-state index is 0. The highest BCUT2D eigenvalue weighted by atomic mass is 35.5. The van der Waals surface area contributed by atoms with Gasteiger partial charge in [-0.15, -0.1) is 23.7 Å². The van der Waals surface area contributed by atoms with Gasteiger partial charge in [-0.3, -0.25) is 9.59 Å². The van der Waals surface area contributed by atoms with Crippen molar-refractivity contribution in [1.29, 1.82) is 0 Å². The van der Waals surface area contributed by atoms with E-state index >= 15 is 0 Å². The highest BCUT2D eigenvalue weighted by Crippen LogP contribution is 2.35. The van der Waals surface area contributed by atoms with E-state index in [1.165, 1.54) is 10.4 Å². The first-order valence-electron chi connectivity index (χ1n) is 10.1. The molecule has 0 radical (unpaired) electrons. The van der Waals surface area contributed by atoms with E-state index in [9.17, 15) is 9.59 Å². The van der Waals surface area contributed by atoms with E-state index in [0.717, 1.165) is 48.9 Å². The number of carbonyl (C=O) groups is 1. The first kappa shape index (κ1) is 21.3. The number of nitrogens with zero attached hydrogens (tertiary/aromatic N) is 1. The number of piperidine rings is 1. The first-order valence-corrected chi connectivity index (χ1v) is 10.9. The molecule has 2 aliphatic rings. The van der Waals surface area contributed by atoms with Crippen LogP contribution in [-0.2, 0) is 24.1 Å². The Bertz CT molecular complexity index is 909. The van der Waals surface area contributed by atoms with Crippen molar-refractivity contribution in [2.24, 2.45) is 5.92 Å². The number of carbonyl (C=O) groups excluding carboxylic acids is 1. The van der Waals surface area contributed by atoms with Gasteiger partial charge in [0.25, 0.3) is 5.56 Å². The van der Waals surface area contributed by atoms with Crippen molar-refractivity contribution in [2.75, 3.05) is 6.54 Å². The largest absolute Gasteiger partial charge is 0.353 e. The summed E-state index contributed by atoms with van der Waals surface area (Å²) < 4.78 is 0. The average Bonchev–Trinajstić information content (AvgIpc) is 2.97. The number of amides is 1. The lowest BCUT2D eigenvalue weighted by atomic mass is 9.89. The van der Waals surface area contributed by atoms with E-state index < -0.39 is 0 Å². The van der Waals surface area contributed by atoms with Crippen molar-refractivity contribution in [1.82, 2.24) is 20.6 Å². The number of H-pyrrole nitrogens is 1. The summed E-state index contributed by atoms with van der Waals surface area (Å²) in [5, 5.41) is 7.29. The molecule has 3 N–H and O–H groups in total. The number of hydrogen-bond acceptors (Lipinski definition) is 5. The predicted octanol–water partition coefficient (Wildman–Crippen LogP) is 2.72. The van der Waals surface area contributed by atoms with Crippen molar-refractivity contribution >= 4 is 39.9 Å². The van der Waals surface area contributed by atoms with E-state index in [1.54, 1.807) is 11.3 Å². The Balaban J connectivity index is 0.00000225. The summed E-state index contributed by atoms with van der Waals surface area (Å²) in [6.07, 6.45) is 5.91. The number of aromatic amines is 1. The number of nitrogens with one attached hydrogen (secondary N) is 3. The SMILES string of the molecule is CC1CCc2c(sc3nc(CCC(=O)NC4CCNC(C)C4)[nH]c(=O)c23)C1.Cl. The van der Waals surface area contributed by atoms with Crippen LogP contribution in [0.1, 0.15) is 55.8 Å². The molecule has 1 amide bonds.